The summed E-state index contributed by atoms with van der Waals surface area (Å²) < 4.78 is 5.90. The molecule has 2 N–H and O–H groups in total. The molecule has 1 saturated heterocycles. The first kappa shape index (κ1) is 23.3. The van der Waals surface area contributed by atoms with Crippen molar-refractivity contribution in [2.75, 3.05) is 23.3 Å². The van der Waals surface area contributed by atoms with Gasteiger partial charge in [-0.2, -0.15) is 0 Å². The Bertz CT molecular complexity index is 1530. The molecule has 1 aliphatic heterocycles. The van der Waals surface area contributed by atoms with Gasteiger partial charge in [-0.15, -0.1) is 0 Å². The Morgan fingerprint density at radius 1 is 0.919 bits per heavy atom. The van der Waals surface area contributed by atoms with E-state index in [1.165, 1.54) is 0 Å². The minimum absolute atomic E-state index is 0.197. The second-order valence-corrected chi connectivity index (χ2v) is 9.87. The van der Waals surface area contributed by atoms with Crippen LogP contribution in [0.15, 0.2) is 85.1 Å². The minimum Gasteiger partial charge on any atom is -0.372 e. The zero-order chi connectivity index (χ0) is 25.4. The molecule has 6 nitrogen and oxygen atoms in total. The van der Waals surface area contributed by atoms with Crippen molar-refractivity contribution in [1.29, 1.82) is 0 Å². The summed E-state index contributed by atoms with van der Waals surface area (Å²) in [5.74, 6) is 1.86. The average molecular weight is 490 g/mol. The van der Waals surface area contributed by atoms with Crippen LogP contribution in [0.2, 0.25) is 0 Å². The van der Waals surface area contributed by atoms with Crippen molar-refractivity contribution >= 4 is 28.1 Å². The fraction of sp³-hybridized carbons (Fsp3) is 0.226. The summed E-state index contributed by atoms with van der Waals surface area (Å²) in [7, 11) is 0. The van der Waals surface area contributed by atoms with Crippen LogP contribution < -0.4 is 10.2 Å². The third-order valence-electron chi connectivity index (χ3n) is 6.89. The number of aryl methyl sites for hydroxylation is 1. The Morgan fingerprint density at radius 3 is 2.54 bits per heavy atom. The van der Waals surface area contributed by atoms with Gasteiger partial charge in [-0.1, -0.05) is 42.5 Å². The van der Waals surface area contributed by atoms with Crippen LogP contribution >= 0.6 is 0 Å². The molecule has 2 atom stereocenters. The molecule has 5 aromatic rings. The number of hydrogen-bond donors (Lipinski definition) is 2. The van der Waals surface area contributed by atoms with Crippen LogP contribution in [0.3, 0.4) is 0 Å². The molecule has 0 bridgehead atoms. The average Bonchev–Trinajstić information content (AvgIpc) is 3.40. The number of rotatable bonds is 5. The number of fused-ring (bicyclic) bond motifs is 1. The topological polar surface area (TPSA) is 66.1 Å². The lowest BCUT2D eigenvalue weighted by Gasteiger charge is -2.36. The van der Waals surface area contributed by atoms with E-state index in [1.807, 2.05) is 24.4 Å². The maximum absolute atomic E-state index is 5.90. The summed E-state index contributed by atoms with van der Waals surface area (Å²) in [6.45, 7) is 8.05. The molecule has 37 heavy (non-hydrogen) atoms. The van der Waals surface area contributed by atoms with Gasteiger partial charge in [0, 0.05) is 35.4 Å². The van der Waals surface area contributed by atoms with Crippen LogP contribution in [-0.2, 0) is 4.74 Å². The van der Waals surface area contributed by atoms with E-state index >= 15 is 0 Å². The lowest BCUT2D eigenvalue weighted by molar-refractivity contribution is -0.00544. The third-order valence-corrected chi connectivity index (χ3v) is 6.89. The van der Waals surface area contributed by atoms with Crippen LogP contribution in [0.1, 0.15) is 19.4 Å². The standard InChI is InChI=1S/C31H31N5O/c1-20-12-13-24(16-26(20)31-32-17-29(35-31)23-8-5-4-6-9-23)33-27-10-7-11-28-25(27)14-15-30(34-28)36-18-21(2)37-22(3)19-36/h4-17,21-22,33H,18-19H2,1-3H3,(H,32,35)/t21-,22+. The third kappa shape index (κ3) is 4.80. The van der Waals surface area contributed by atoms with Crippen LogP contribution in [0.25, 0.3) is 33.5 Å². The first-order valence-electron chi connectivity index (χ1n) is 12.8. The Morgan fingerprint density at radius 2 is 1.73 bits per heavy atom. The molecule has 0 saturated carbocycles. The first-order chi connectivity index (χ1) is 18.0. The Hall–Kier alpha value is -4.16. The molecule has 3 heterocycles. The molecule has 1 fully saturated rings. The highest BCUT2D eigenvalue weighted by molar-refractivity contribution is 5.94. The number of pyridine rings is 1. The number of hydrogen-bond acceptors (Lipinski definition) is 5. The van der Waals surface area contributed by atoms with Gasteiger partial charge in [-0.25, -0.2) is 9.97 Å². The fourth-order valence-corrected chi connectivity index (χ4v) is 5.13. The molecule has 6 heteroatoms. The summed E-state index contributed by atoms with van der Waals surface area (Å²) in [4.78, 5) is 15.5. The van der Waals surface area contributed by atoms with E-state index in [0.717, 1.165) is 69.4 Å². The van der Waals surface area contributed by atoms with E-state index < -0.39 is 0 Å². The molecule has 2 aromatic heterocycles. The highest BCUT2D eigenvalue weighted by Gasteiger charge is 2.23. The SMILES string of the molecule is Cc1ccc(Nc2cccc3nc(N4C[C@@H](C)O[C@@H](C)C4)ccc23)cc1-c1ncc(-c2ccccc2)[nH]1. The van der Waals surface area contributed by atoms with Crippen LogP contribution in [-0.4, -0.2) is 40.2 Å². The smallest absolute Gasteiger partial charge is 0.138 e. The predicted octanol–water partition coefficient (Wildman–Crippen LogP) is 6.96. The molecule has 0 spiro atoms. The molecular weight excluding hydrogens is 458 g/mol. The van der Waals surface area contributed by atoms with Crippen LogP contribution in [0.5, 0.6) is 0 Å². The molecule has 3 aromatic carbocycles. The second kappa shape index (κ2) is 9.71. The zero-order valence-corrected chi connectivity index (χ0v) is 21.4. The van der Waals surface area contributed by atoms with Crippen LogP contribution in [0.4, 0.5) is 17.2 Å². The molecule has 0 amide bonds. The molecule has 0 unspecified atom stereocenters. The van der Waals surface area contributed by atoms with Crippen molar-refractivity contribution in [3.63, 3.8) is 0 Å². The molecule has 0 radical (unpaired) electrons. The highest BCUT2D eigenvalue weighted by atomic mass is 16.5. The summed E-state index contributed by atoms with van der Waals surface area (Å²) in [6.07, 6.45) is 2.29. The van der Waals surface area contributed by atoms with Crippen LogP contribution in [0, 0.1) is 6.92 Å². The zero-order valence-electron chi connectivity index (χ0n) is 21.4. The van der Waals surface area contributed by atoms with Gasteiger partial charge >= 0.3 is 0 Å². The number of benzene rings is 3. The normalized spacial score (nSPS) is 17.8. The largest absolute Gasteiger partial charge is 0.372 e. The van der Waals surface area contributed by atoms with Gasteiger partial charge in [0.25, 0.3) is 0 Å². The lowest BCUT2D eigenvalue weighted by Crippen LogP contribution is -2.45. The Balaban J connectivity index is 1.28. The molecule has 6 rings (SSSR count). The van der Waals surface area contributed by atoms with Gasteiger partial charge in [-0.3, -0.25) is 0 Å². The number of morpholine rings is 1. The molecular formula is C31H31N5O. The van der Waals surface area contributed by atoms with Gasteiger partial charge in [0.05, 0.1) is 29.6 Å². The van der Waals surface area contributed by atoms with Crippen molar-refractivity contribution in [3.05, 3.63) is 90.6 Å². The second-order valence-electron chi connectivity index (χ2n) is 9.87. The lowest BCUT2D eigenvalue weighted by atomic mass is 10.1. The number of aromatic nitrogens is 3. The Kier molecular flexibility index (Phi) is 6.10. The summed E-state index contributed by atoms with van der Waals surface area (Å²) in [6, 6.07) is 27.2. The fourth-order valence-electron chi connectivity index (χ4n) is 5.13. The summed E-state index contributed by atoms with van der Waals surface area (Å²) in [5, 5.41) is 4.71. The first-order valence-corrected chi connectivity index (χ1v) is 12.8. The molecule has 186 valence electrons. The highest BCUT2D eigenvalue weighted by Crippen LogP contribution is 2.31. The monoisotopic (exact) mass is 489 g/mol. The van der Waals surface area contributed by atoms with Gasteiger partial charge in [0.1, 0.15) is 11.6 Å². The van der Waals surface area contributed by atoms with Gasteiger partial charge < -0.3 is 19.9 Å². The summed E-state index contributed by atoms with van der Waals surface area (Å²) in [5.41, 5.74) is 7.37. The van der Waals surface area contributed by atoms with Crippen molar-refractivity contribution in [2.45, 2.75) is 33.0 Å². The van der Waals surface area contributed by atoms with Gasteiger partial charge in [-0.05, 0) is 68.3 Å². The molecule has 1 aliphatic rings. The quantitative estimate of drug-likeness (QED) is 0.279. The van der Waals surface area contributed by atoms with Gasteiger partial charge in [0.2, 0.25) is 0 Å². The van der Waals surface area contributed by atoms with Gasteiger partial charge in [0.15, 0.2) is 0 Å². The van der Waals surface area contributed by atoms with E-state index in [0.29, 0.717) is 0 Å². The number of aromatic amines is 1. The maximum Gasteiger partial charge on any atom is 0.138 e. The van der Waals surface area contributed by atoms with Crippen molar-refractivity contribution in [1.82, 2.24) is 15.0 Å². The van der Waals surface area contributed by atoms with Crippen molar-refractivity contribution in [3.8, 4) is 22.6 Å². The number of anilines is 3. The minimum atomic E-state index is 0.197. The van der Waals surface area contributed by atoms with E-state index in [4.69, 9.17) is 9.72 Å². The van der Waals surface area contributed by atoms with E-state index in [-0.39, 0.29) is 12.2 Å². The van der Waals surface area contributed by atoms with Crippen molar-refractivity contribution in [2.24, 2.45) is 0 Å². The number of nitrogens with zero attached hydrogens (tertiary/aromatic N) is 3. The van der Waals surface area contributed by atoms with E-state index in [1.54, 1.807) is 0 Å². The Labute approximate surface area is 217 Å². The number of nitrogens with one attached hydrogen (secondary N) is 2. The number of ether oxygens (including phenoxy) is 1. The maximum atomic E-state index is 5.90. The van der Waals surface area contributed by atoms with E-state index in [2.05, 4.69) is 102 Å². The molecule has 0 aliphatic carbocycles. The number of imidazole rings is 1. The predicted molar refractivity (Wildman–Crippen MR) is 151 cm³/mol. The van der Waals surface area contributed by atoms with Crippen molar-refractivity contribution < 1.29 is 4.74 Å². The number of H-pyrrole nitrogens is 1. The van der Waals surface area contributed by atoms with E-state index in [9.17, 15) is 0 Å². The summed E-state index contributed by atoms with van der Waals surface area (Å²) >= 11 is 0.